The molecule has 1 N–H and O–H groups in total. The molecule has 0 unspecified atom stereocenters. The lowest BCUT2D eigenvalue weighted by Gasteiger charge is -2.05. The van der Waals surface area contributed by atoms with Crippen LogP contribution in [0, 0.1) is 11.3 Å². The lowest BCUT2D eigenvalue weighted by atomic mass is 10.2. The number of carbonyl (C=O) groups is 1. The number of benzene rings is 2. The number of rotatable bonds is 6. The Balaban J connectivity index is 1.90. The van der Waals surface area contributed by atoms with Crippen LogP contribution >= 0.6 is 0 Å². The molecule has 0 heterocycles. The quantitative estimate of drug-likeness (QED) is 0.658. The first-order chi connectivity index (χ1) is 11.2. The van der Waals surface area contributed by atoms with Crippen LogP contribution in [0.15, 0.2) is 53.6 Å². The molecule has 5 heteroatoms. The Bertz CT molecular complexity index is 713. The van der Waals surface area contributed by atoms with Gasteiger partial charge in [0.2, 0.25) is 0 Å². The fourth-order valence-corrected chi connectivity index (χ4v) is 1.80. The Labute approximate surface area is 135 Å². The van der Waals surface area contributed by atoms with E-state index in [1.165, 1.54) is 6.21 Å². The largest absolute Gasteiger partial charge is 0.494 e. The molecule has 0 bridgehead atoms. The van der Waals surface area contributed by atoms with Crippen LogP contribution in [-0.4, -0.2) is 18.7 Å². The molecular weight excluding hydrogens is 290 g/mol. The van der Waals surface area contributed by atoms with Gasteiger partial charge in [-0.25, -0.2) is 5.43 Å². The van der Waals surface area contributed by atoms with Crippen molar-refractivity contribution in [3.05, 3.63) is 65.2 Å². The molecule has 23 heavy (non-hydrogen) atoms. The number of hydrogen-bond donors (Lipinski definition) is 1. The molecule has 0 saturated heterocycles. The van der Waals surface area contributed by atoms with Gasteiger partial charge in [0.25, 0.3) is 5.91 Å². The second-order valence-corrected chi connectivity index (χ2v) is 4.81. The summed E-state index contributed by atoms with van der Waals surface area (Å²) < 4.78 is 5.46. The Morgan fingerprint density at radius 1 is 1.22 bits per heavy atom. The number of nitrogens with zero attached hydrogens (tertiary/aromatic N) is 2. The Morgan fingerprint density at radius 2 is 1.91 bits per heavy atom. The zero-order valence-electron chi connectivity index (χ0n) is 12.8. The Hall–Kier alpha value is -3.13. The van der Waals surface area contributed by atoms with Crippen LogP contribution in [0.3, 0.4) is 0 Å². The van der Waals surface area contributed by atoms with E-state index >= 15 is 0 Å². The van der Waals surface area contributed by atoms with Crippen LogP contribution in [0.25, 0.3) is 0 Å². The van der Waals surface area contributed by atoms with Gasteiger partial charge in [0.15, 0.2) is 0 Å². The van der Waals surface area contributed by atoms with E-state index in [1.807, 2.05) is 13.0 Å². The maximum absolute atomic E-state index is 12.0. The van der Waals surface area contributed by atoms with Crippen molar-refractivity contribution in [2.24, 2.45) is 5.10 Å². The van der Waals surface area contributed by atoms with Gasteiger partial charge in [-0.1, -0.05) is 19.1 Å². The molecule has 0 aliphatic carbocycles. The highest BCUT2D eigenvalue weighted by atomic mass is 16.5. The van der Waals surface area contributed by atoms with Crippen LogP contribution in [0.2, 0.25) is 0 Å². The third kappa shape index (κ3) is 4.97. The molecule has 1 amide bonds. The van der Waals surface area contributed by atoms with Gasteiger partial charge in [-0.05, 0) is 48.4 Å². The van der Waals surface area contributed by atoms with E-state index in [0.717, 1.165) is 17.7 Å². The summed E-state index contributed by atoms with van der Waals surface area (Å²) in [5, 5.41) is 12.6. The molecule has 2 rings (SSSR count). The number of ether oxygens (including phenoxy) is 1. The van der Waals surface area contributed by atoms with E-state index in [-0.39, 0.29) is 5.91 Å². The highest BCUT2D eigenvalue weighted by molar-refractivity contribution is 5.95. The number of nitriles is 1. The first-order valence-electron chi connectivity index (χ1n) is 7.29. The fourth-order valence-electron chi connectivity index (χ4n) is 1.80. The summed E-state index contributed by atoms with van der Waals surface area (Å²) in [5.74, 6) is 0.446. The van der Waals surface area contributed by atoms with Crippen LogP contribution < -0.4 is 10.2 Å². The third-order valence-electron chi connectivity index (χ3n) is 3.01. The third-order valence-corrected chi connectivity index (χ3v) is 3.01. The molecule has 0 spiro atoms. The van der Waals surface area contributed by atoms with Crippen molar-refractivity contribution in [3.8, 4) is 11.8 Å². The predicted molar refractivity (Wildman–Crippen MR) is 88.4 cm³/mol. The van der Waals surface area contributed by atoms with Gasteiger partial charge in [-0.3, -0.25) is 4.79 Å². The number of carbonyl (C=O) groups excluding carboxylic acids is 1. The second kappa shape index (κ2) is 8.35. The summed E-state index contributed by atoms with van der Waals surface area (Å²) in [6, 6.07) is 15.8. The van der Waals surface area contributed by atoms with E-state index in [9.17, 15) is 4.79 Å². The number of nitrogens with one attached hydrogen (secondary N) is 1. The molecule has 0 fully saturated rings. The van der Waals surface area contributed by atoms with Crippen molar-refractivity contribution in [1.29, 1.82) is 5.26 Å². The fraction of sp³-hybridized carbons (Fsp3) is 0.167. The molecule has 2 aromatic carbocycles. The molecule has 5 nitrogen and oxygen atoms in total. The van der Waals surface area contributed by atoms with Gasteiger partial charge in [0.05, 0.1) is 24.5 Å². The van der Waals surface area contributed by atoms with Crippen LogP contribution in [0.1, 0.15) is 34.8 Å². The van der Waals surface area contributed by atoms with Gasteiger partial charge in [-0.15, -0.1) is 0 Å². The van der Waals surface area contributed by atoms with Gasteiger partial charge >= 0.3 is 0 Å². The van der Waals surface area contributed by atoms with Crippen molar-refractivity contribution in [3.63, 3.8) is 0 Å². The summed E-state index contributed by atoms with van der Waals surface area (Å²) >= 11 is 0. The smallest absolute Gasteiger partial charge is 0.271 e. The van der Waals surface area contributed by atoms with Gasteiger partial charge < -0.3 is 4.74 Å². The highest BCUT2D eigenvalue weighted by Crippen LogP contribution is 2.12. The van der Waals surface area contributed by atoms with Crippen LogP contribution in [0.4, 0.5) is 0 Å². The first-order valence-corrected chi connectivity index (χ1v) is 7.29. The molecule has 0 aliphatic heterocycles. The first kappa shape index (κ1) is 16.2. The van der Waals surface area contributed by atoms with Crippen molar-refractivity contribution in [2.75, 3.05) is 6.61 Å². The van der Waals surface area contributed by atoms with Crippen molar-refractivity contribution >= 4 is 12.1 Å². The monoisotopic (exact) mass is 307 g/mol. The van der Waals surface area contributed by atoms with Crippen molar-refractivity contribution < 1.29 is 9.53 Å². The second-order valence-electron chi connectivity index (χ2n) is 4.81. The Kier molecular flexibility index (Phi) is 5.89. The summed E-state index contributed by atoms with van der Waals surface area (Å²) in [7, 11) is 0. The molecule has 0 radical (unpaired) electrons. The summed E-state index contributed by atoms with van der Waals surface area (Å²) in [6.45, 7) is 2.69. The number of hydrazone groups is 1. The zero-order valence-corrected chi connectivity index (χ0v) is 12.8. The average molecular weight is 307 g/mol. The highest BCUT2D eigenvalue weighted by Gasteiger charge is 2.04. The van der Waals surface area contributed by atoms with Crippen molar-refractivity contribution in [2.45, 2.75) is 13.3 Å². The van der Waals surface area contributed by atoms with E-state index in [4.69, 9.17) is 10.00 Å². The number of hydrogen-bond acceptors (Lipinski definition) is 4. The van der Waals surface area contributed by atoms with E-state index < -0.39 is 0 Å². The summed E-state index contributed by atoms with van der Waals surface area (Å²) in [5.41, 5.74) is 4.35. The van der Waals surface area contributed by atoms with Crippen molar-refractivity contribution in [1.82, 2.24) is 5.43 Å². The number of amides is 1. The molecule has 0 aromatic heterocycles. The van der Waals surface area contributed by atoms with Gasteiger partial charge in [-0.2, -0.15) is 10.4 Å². The minimum atomic E-state index is -0.295. The molecule has 0 saturated carbocycles. The minimum Gasteiger partial charge on any atom is -0.494 e. The molecule has 2 aromatic rings. The van der Waals surface area contributed by atoms with E-state index in [2.05, 4.69) is 10.5 Å². The molecular formula is C18H17N3O2. The summed E-state index contributed by atoms with van der Waals surface area (Å²) in [4.78, 5) is 12.0. The molecule has 0 atom stereocenters. The standard InChI is InChI=1S/C18H17N3O2/c1-2-11-23-17-9-7-16(8-10-17)18(22)21-20-13-15-5-3-14(12-19)4-6-15/h3-10,13H,2,11H2,1H3,(H,21,22)/b20-13-. The van der Waals surface area contributed by atoms with Gasteiger partial charge in [0.1, 0.15) is 5.75 Å². The maximum atomic E-state index is 12.0. The van der Waals surface area contributed by atoms with Gasteiger partial charge in [0, 0.05) is 5.56 Å². The summed E-state index contributed by atoms with van der Waals surface area (Å²) in [6.07, 6.45) is 2.46. The lowest BCUT2D eigenvalue weighted by Crippen LogP contribution is -2.17. The van der Waals surface area contributed by atoms with E-state index in [1.54, 1.807) is 48.5 Å². The molecule has 116 valence electrons. The molecule has 0 aliphatic rings. The van der Waals surface area contributed by atoms with Crippen LogP contribution in [-0.2, 0) is 0 Å². The Morgan fingerprint density at radius 3 is 2.52 bits per heavy atom. The average Bonchev–Trinajstić information content (AvgIpc) is 2.61. The van der Waals surface area contributed by atoms with E-state index in [0.29, 0.717) is 17.7 Å². The zero-order chi connectivity index (χ0) is 16.5. The van der Waals surface area contributed by atoms with Crippen LogP contribution in [0.5, 0.6) is 5.75 Å². The topological polar surface area (TPSA) is 74.5 Å². The lowest BCUT2D eigenvalue weighted by molar-refractivity contribution is 0.0955. The predicted octanol–water partition coefficient (Wildman–Crippen LogP) is 3.11. The minimum absolute atomic E-state index is 0.295. The SMILES string of the molecule is CCCOc1ccc(C(=O)N/N=C\c2ccc(C#N)cc2)cc1. The maximum Gasteiger partial charge on any atom is 0.271 e. The normalized spacial score (nSPS) is 10.3.